The van der Waals surface area contributed by atoms with Crippen LogP contribution in [0, 0.1) is 0 Å². The predicted molar refractivity (Wildman–Crippen MR) is 70.3 cm³/mol. The Morgan fingerprint density at radius 3 is 2.25 bits per heavy atom. The third-order valence-electron chi connectivity index (χ3n) is 2.92. The summed E-state index contributed by atoms with van der Waals surface area (Å²) in [5, 5.41) is 0. The van der Waals surface area contributed by atoms with E-state index in [1.807, 2.05) is 12.1 Å². The average molecular weight is 222 g/mol. The minimum atomic E-state index is 0.718. The molecule has 90 valence electrons. The lowest BCUT2D eigenvalue weighted by Crippen LogP contribution is -2.23. The molecule has 3 nitrogen and oxygen atoms in total. The summed E-state index contributed by atoms with van der Waals surface area (Å²) in [5.74, 6) is 0.763. The Balaban J connectivity index is 3.23. The lowest BCUT2D eigenvalue weighted by atomic mass is 10.1. The van der Waals surface area contributed by atoms with Crippen LogP contribution < -0.4 is 15.4 Å². The molecule has 0 unspecified atom stereocenters. The lowest BCUT2D eigenvalue weighted by Gasteiger charge is -2.25. The van der Waals surface area contributed by atoms with Crippen molar-refractivity contribution >= 4 is 11.4 Å². The monoisotopic (exact) mass is 222 g/mol. The quantitative estimate of drug-likeness (QED) is 0.778. The van der Waals surface area contributed by atoms with Gasteiger partial charge in [-0.1, -0.05) is 6.92 Å². The van der Waals surface area contributed by atoms with E-state index < -0.39 is 0 Å². The number of rotatable bonds is 5. The van der Waals surface area contributed by atoms with Gasteiger partial charge >= 0.3 is 0 Å². The van der Waals surface area contributed by atoms with E-state index in [1.165, 1.54) is 11.3 Å². The number of nitrogen functional groups attached to an aromatic ring is 1. The van der Waals surface area contributed by atoms with E-state index in [1.54, 1.807) is 7.11 Å². The second-order valence-corrected chi connectivity index (χ2v) is 3.75. The van der Waals surface area contributed by atoms with Gasteiger partial charge in [0, 0.05) is 24.8 Å². The van der Waals surface area contributed by atoms with Gasteiger partial charge in [-0.25, -0.2) is 0 Å². The number of nitrogens with two attached hydrogens (primary N) is 1. The number of hydrogen-bond donors (Lipinski definition) is 1. The Hall–Kier alpha value is -1.38. The van der Waals surface area contributed by atoms with Crippen molar-refractivity contribution in [2.75, 3.05) is 30.8 Å². The molecule has 0 aromatic heterocycles. The lowest BCUT2D eigenvalue weighted by molar-refractivity contribution is 0.417. The van der Waals surface area contributed by atoms with E-state index in [0.717, 1.165) is 30.9 Å². The largest absolute Gasteiger partial charge is 0.495 e. The van der Waals surface area contributed by atoms with Crippen molar-refractivity contribution in [1.29, 1.82) is 0 Å². The number of ether oxygens (including phenoxy) is 1. The van der Waals surface area contributed by atoms with Gasteiger partial charge in [-0.3, -0.25) is 0 Å². The number of anilines is 2. The molecule has 0 aliphatic carbocycles. The van der Waals surface area contributed by atoms with Crippen LogP contribution in [0.3, 0.4) is 0 Å². The standard InChI is InChI=1S/C13H22N2O/c1-5-10-8-11(14)13(16-4)9-12(10)15(6-2)7-3/h8-9H,5-7,14H2,1-4H3. The highest BCUT2D eigenvalue weighted by Crippen LogP contribution is 2.31. The molecular formula is C13H22N2O. The van der Waals surface area contributed by atoms with Crippen LogP contribution in [0.2, 0.25) is 0 Å². The van der Waals surface area contributed by atoms with Crippen molar-refractivity contribution in [2.45, 2.75) is 27.2 Å². The summed E-state index contributed by atoms with van der Waals surface area (Å²) >= 11 is 0. The topological polar surface area (TPSA) is 38.5 Å². The maximum absolute atomic E-state index is 5.92. The smallest absolute Gasteiger partial charge is 0.143 e. The summed E-state index contributed by atoms with van der Waals surface area (Å²) in [7, 11) is 1.66. The Bertz CT molecular complexity index is 346. The maximum Gasteiger partial charge on any atom is 0.143 e. The molecule has 0 amide bonds. The normalized spacial score (nSPS) is 10.2. The van der Waals surface area contributed by atoms with Crippen LogP contribution >= 0.6 is 0 Å². The third-order valence-corrected chi connectivity index (χ3v) is 2.92. The first-order valence-electron chi connectivity index (χ1n) is 5.89. The fourth-order valence-corrected chi connectivity index (χ4v) is 1.95. The van der Waals surface area contributed by atoms with Crippen LogP contribution in [0.5, 0.6) is 5.75 Å². The molecule has 16 heavy (non-hydrogen) atoms. The number of hydrogen-bond acceptors (Lipinski definition) is 3. The number of aryl methyl sites for hydroxylation is 1. The van der Waals surface area contributed by atoms with E-state index >= 15 is 0 Å². The zero-order valence-electron chi connectivity index (χ0n) is 10.7. The summed E-state index contributed by atoms with van der Waals surface area (Å²) in [4.78, 5) is 2.32. The van der Waals surface area contributed by atoms with Crippen LogP contribution in [0.25, 0.3) is 0 Å². The Morgan fingerprint density at radius 2 is 1.81 bits per heavy atom. The molecule has 1 rings (SSSR count). The Kier molecular flexibility index (Phi) is 4.47. The van der Waals surface area contributed by atoms with Crippen molar-refractivity contribution in [1.82, 2.24) is 0 Å². The van der Waals surface area contributed by atoms with Crippen LogP contribution in [0.1, 0.15) is 26.3 Å². The molecule has 3 heteroatoms. The van der Waals surface area contributed by atoms with Crippen LogP contribution in [-0.4, -0.2) is 20.2 Å². The van der Waals surface area contributed by atoms with Crippen molar-refractivity contribution in [3.63, 3.8) is 0 Å². The van der Waals surface area contributed by atoms with Crippen LogP contribution in [0.4, 0.5) is 11.4 Å². The summed E-state index contributed by atoms with van der Waals surface area (Å²) in [6, 6.07) is 4.06. The molecule has 0 atom stereocenters. The number of methoxy groups -OCH3 is 1. The molecule has 1 aromatic rings. The van der Waals surface area contributed by atoms with Gasteiger partial charge in [0.05, 0.1) is 12.8 Å². The molecule has 2 N–H and O–H groups in total. The molecule has 0 saturated carbocycles. The summed E-state index contributed by atoms with van der Waals surface area (Å²) in [5.41, 5.74) is 9.15. The van der Waals surface area contributed by atoms with Gasteiger partial charge in [-0.15, -0.1) is 0 Å². The second kappa shape index (κ2) is 5.64. The molecule has 0 aliphatic rings. The molecule has 1 aromatic carbocycles. The fourth-order valence-electron chi connectivity index (χ4n) is 1.95. The molecule has 0 aliphatic heterocycles. The first-order valence-corrected chi connectivity index (χ1v) is 5.89. The molecule has 0 spiro atoms. The van der Waals surface area contributed by atoms with Gasteiger partial charge in [0.25, 0.3) is 0 Å². The van der Waals surface area contributed by atoms with Gasteiger partial charge in [-0.05, 0) is 31.9 Å². The van der Waals surface area contributed by atoms with Gasteiger partial charge in [0.2, 0.25) is 0 Å². The van der Waals surface area contributed by atoms with Gasteiger partial charge < -0.3 is 15.4 Å². The highest BCUT2D eigenvalue weighted by atomic mass is 16.5. The minimum Gasteiger partial charge on any atom is -0.495 e. The van der Waals surface area contributed by atoms with Crippen molar-refractivity contribution < 1.29 is 4.74 Å². The molecule has 0 fully saturated rings. The van der Waals surface area contributed by atoms with E-state index in [2.05, 4.69) is 25.7 Å². The van der Waals surface area contributed by atoms with E-state index in [0.29, 0.717) is 0 Å². The Labute approximate surface area is 98.2 Å². The summed E-state index contributed by atoms with van der Waals surface area (Å²) in [6.45, 7) is 8.46. The fraction of sp³-hybridized carbons (Fsp3) is 0.538. The molecular weight excluding hydrogens is 200 g/mol. The predicted octanol–water partition coefficient (Wildman–Crippen LogP) is 2.69. The number of nitrogens with zero attached hydrogens (tertiary/aromatic N) is 1. The summed E-state index contributed by atoms with van der Waals surface area (Å²) in [6.07, 6.45) is 0.986. The van der Waals surface area contributed by atoms with Crippen LogP contribution in [0.15, 0.2) is 12.1 Å². The van der Waals surface area contributed by atoms with Gasteiger partial charge in [-0.2, -0.15) is 0 Å². The third kappa shape index (κ3) is 2.40. The SMILES string of the molecule is CCc1cc(N)c(OC)cc1N(CC)CC. The molecule has 0 bridgehead atoms. The molecule has 0 radical (unpaired) electrons. The zero-order chi connectivity index (χ0) is 12.1. The van der Waals surface area contributed by atoms with E-state index in [9.17, 15) is 0 Å². The van der Waals surface area contributed by atoms with Gasteiger partial charge in [0.1, 0.15) is 5.75 Å². The van der Waals surface area contributed by atoms with Gasteiger partial charge in [0.15, 0.2) is 0 Å². The van der Waals surface area contributed by atoms with Crippen LogP contribution in [-0.2, 0) is 6.42 Å². The first kappa shape index (κ1) is 12.7. The minimum absolute atomic E-state index is 0.718. The molecule has 0 heterocycles. The van der Waals surface area contributed by atoms with E-state index in [4.69, 9.17) is 10.5 Å². The second-order valence-electron chi connectivity index (χ2n) is 3.75. The summed E-state index contributed by atoms with van der Waals surface area (Å²) < 4.78 is 5.27. The first-order chi connectivity index (χ1) is 7.67. The van der Waals surface area contributed by atoms with Crippen molar-refractivity contribution in [3.8, 4) is 5.75 Å². The highest BCUT2D eigenvalue weighted by Gasteiger charge is 2.11. The Morgan fingerprint density at radius 1 is 1.19 bits per heavy atom. The highest BCUT2D eigenvalue weighted by molar-refractivity contribution is 5.67. The average Bonchev–Trinajstić information content (AvgIpc) is 2.31. The van der Waals surface area contributed by atoms with E-state index in [-0.39, 0.29) is 0 Å². The van der Waals surface area contributed by atoms with Crippen molar-refractivity contribution in [2.24, 2.45) is 0 Å². The zero-order valence-corrected chi connectivity index (χ0v) is 10.7. The van der Waals surface area contributed by atoms with Crippen molar-refractivity contribution in [3.05, 3.63) is 17.7 Å². The number of benzene rings is 1. The molecule has 0 saturated heterocycles. The maximum atomic E-state index is 5.92.